The molecular weight excluding hydrogens is 466 g/mol. The number of carbonyl (C=O) groups is 2. The van der Waals surface area contributed by atoms with Gasteiger partial charge in [0.2, 0.25) is 0 Å². The van der Waals surface area contributed by atoms with Crippen molar-refractivity contribution < 1.29 is 19.4 Å². The molecule has 0 saturated heterocycles. The highest BCUT2D eigenvalue weighted by molar-refractivity contribution is 8.01. The van der Waals surface area contributed by atoms with Crippen LogP contribution < -0.4 is 5.69 Å². The molecular formula is C26H31N3O5S. The van der Waals surface area contributed by atoms with Gasteiger partial charge in [-0.15, -0.1) is 11.8 Å². The van der Waals surface area contributed by atoms with Crippen molar-refractivity contribution in [3.63, 3.8) is 0 Å². The lowest BCUT2D eigenvalue weighted by molar-refractivity contribution is -0.138. The number of aryl methyl sites for hydroxylation is 2. The van der Waals surface area contributed by atoms with E-state index in [-0.39, 0.29) is 12.3 Å². The predicted octanol–water partition coefficient (Wildman–Crippen LogP) is 4.43. The van der Waals surface area contributed by atoms with Crippen LogP contribution in [0.4, 0.5) is 0 Å². The van der Waals surface area contributed by atoms with Crippen LogP contribution in [-0.2, 0) is 29.2 Å². The van der Waals surface area contributed by atoms with Gasteiger partial charge in [-0.3, -0.25) is 9.36 Å². The number of esters is 1. The summed E-state index contributed by atoms with van der Waals surface area (Å²) in [5, 5.41) is 13.7. The minimum atomic E-state index is -0.985. The molecule has 0 bridgehead atoms. The monoisotopic (exact) mass is 497 g/mol. The Morgan fingerprint density at radius 3 is 2.37 bits per heavy atom. The van der Waals surface area contributed by atoms with Crippen LogP contribution in [0.1, 0.15) is 60.1 Å². The highest BCUT2D eigenvalue weighted by Crippen LogP contribution is 2.32. The Kier molecular flexibility index (Phi) is 8.22. The third-order valence-electron chi connectivity index (χ3n) is 5.66. The van der Waals surface area contributed by atoms with Crippen molar-refractivity contribution in [2.75, 3.05) is 0 Å². The molecule has 3 aromatic rings. The molecule has 0 spiro atoms. The summed E-state index contributed by atoms with van der Waals surface area (Å²) in [6.45, 7) is 9.96. The molecule has 0 aliphatic rings. The maximum Gasteiger partial charge on any atom is 0.346 e. The number of hydrogen-bond donors (Lipinski definition) is 1. The first-order valence-electron chi connectivity index (χ1n) is 11.4. The Morgan fingerprint density at radius 2 is 1.77 bits per heavy atom. The second kappa shape index (κ2) is 10.9. The summed E-state index contributed by atoms with van der Waals surface area (Å²) in [7, 11) is 0. The van der Waals surface area contributed by atoms with Gasteiger partial charge in [0.1, 0.15) is 4.75 Å². The molecule has 0 unspecified atom stereocenters. The van der Waals surface area contributed by atoms with E-state index < -0.39 is 16.7 Å². The van der Waals surface area contributed by atoms with Crippen molar-refractivity contribution in [1.29, 1.82) is 0 Å². The summed E-state index contributed by atoms with van der Waals surface area (Å²) in [6, 6.07) is 12.6. The van der Waals surface area contributed by atoms with Crippen molar-refractivity contribution in [3.8, 4) is 0 Å². The van der Waals surface area contributed by atoms with Crippen LogP contribution in [0.15, 0.2) is 52.2 Å². The van der Waals surface area contributed by atoms with E-state index in [9.17, 15) is 19.5 Å². The number of carbonyl (C=O) groups excluding carboxylic acids is 1. The number of ether oxygens (including phenoxy) is 1. The van der Waals surface area contributed by atoms with Gasteiger partial charge in [-0.25, -0.2) is 14.3 Å². The standard InChI is InChI=1S/C26H31N3O5S/c1-6-13-28-22(27-29(25(28)33)15-19-8-7-17(2)18(3)14-19)16-34-23(30)20-9-11-21(12-10-20)35-26(4,5)24(31)32/h7-12,14H,6,13,15-16H2,1-5H3,(H,31,32). The molecule has 0 amide bonds. The number of thioether (sulfide) groups is 1. The summed E-state index contributed by atoms with van der Waals surface area (Å²) in [6.07, 6.45) is 0.738. The third-order valence-corrected chi connectivity index (χ3v) is 6.85. The highest BCUT2D eigenvalue weighted by Gasteiger charge is 2.28. The average molecular weight is 498 g/mol. The molecule has 1 heterocycles. The maximum absolute atomic E-state index is 12.9. The molecule has 0 aliphatic carbocycles. The van der Waals surface area contributed by atoms with Gasteiger partial charge in [-0.05, 0) is 75.1 Å². The van der Waals surface area contributed by atoms with Crippen LogP contribution in [0.5, 0.6) is 0 Å². The average Bonchev–Trinajstić information content (AvgIpc) is 3.09. The predicted molar refractivity (Wildman–Crippen MR) is 135 cm³/mol. The Hall–Kier alpha value is -3.33. The summed E-state index contributed by atoms with van der Waals surface area (Å²) < 4.78 is 7.42. The largest absolute Gasteiger partial charge is 0.480 e. The fraction of sp³-hybridized carbons (Fsp3) is 0.385. The minimum Gasteiger partial charge on any atom is -0.480 e. The SMILES string of the molecule is CCCn1c(COC(=O)c2ccc(SC(C)(C)C(=O)O)cc2)nn(Cc2ccc(C)c(C)c2)c1=O. The molecule has 9 heteroatoms. The third kappa shape index (κ3) is 6.42. The van der Waals surface area contributed by atoms with Crippen LogP contribution in [0.2, 0.25) is 0 Å². The maximum atomic E-state index is 12.9. The number of nitrogens with zero attached hydrogens (tertiary/aromatic N) is 3. The van der Waals surface area contributed by atoms with E-state index in [4.69, 9.17) is 4.74 Å². The van der Waals surface area contributed by atoms with Crippen molar-refractivity contribution in [1.82, 2.24) is 14.3 Å². The first kappa shape index (κ1) is 26.3. The molecule has 0 atom stereocenters. The second-order valence-electron chi connectivity index (χ2n) is 8.94. The fourth-order valence-electron chi connectivity index (χ4n) is 3.43. The number of carboxylic acids is 1. The number of rotatable bonds is 10. The van der Waals surface area contributed by atoms with Gasteiger partial charge in [0.05, 0.1) is 12.1 Å². The van der Waals surface area contributed by atoms with E-state index in [1.54, 1.807) is 42.7 Å². The van der Waals surface area contributed by atoms with Crippen LogP contribution in [0.25, 0.3) is 0 Å². The van der Waals surface area contributed by atoms with E-state index in [0.717, 1.165) is 22.4 Å². The Morgan fingerprint density at radius 1 is 1.09 bits per heavy atom. The summed E-state index contributed by atoms with van der Waals surface area (Å²) in [5.41, 5.74) is 3.40. The Balaban J connectivity index is 1.72. The van der Waals surface area contributed by atoms with Gasteiger partial charge in [-0.2, -0.15) is 5.10 Å². The lowest BCUT2D eigenvalue weighted by Crippen LogP contribution is -2.26. The smallest absolute Gasteiger partial charge is 0.346 e. The molecule has 1 aromatic heterocycles. The summed E-state index contributed by atoms with van der Waals surface area (Å²) in [4.78, 5) is 37.6. The van der Waals surface area contributed by atoms with E-state index in [1.807, 2.05) is 39.0 Å². The second-order valence-corrected chi connectivity index (χ2v) is 10.6. The molecule has 0 fully saturated rings. The van der Waals surface area contributed by atoms with Gasteiger partial charge in [0.15, 0.2) is 12.4 Å². The van der Waals surface area contributed by atoms with Crippen LogP contribution in [0.3, 0.4) is 0 Å². The van der Waals surface area contributed by atoms with E-state index in [0.29, 0.717) is 24.5 Å². The van der Waals surface area contributed by atoms with Gasteiger partial charge in [0.25, 0.3) is 0 Å². The van der Waals surface area contributed by atoms with Crippen molar-refractivity contribution in [2.24, 2.45) is 0 Å². The normalized spacial score (nSPS) is 11.5. The van der Waals surface area contributed by atoms with Gasteiger partial charge in [0, 0.05) is 11.4 Å². The molecule has 0 aliphatic heterocycles. The van der Waals surface area contributed by atoms with Gasteiger partial charge >= 0.3 is 17.6 Å². The number of carboxylic acid groups (broad SMARTS) is 1. The summed E-state index contributed by atoms with van der Waals surface area (Å²) >= 11 is 1.20. The number of benzene rings is 2. The topological polar surface area (TPSA) is 103 Å². The molecule has 0 saturated carbocycles. The number of hydrogen-bond acceptors (Lipinski definition) is 6. The van der Waals surface area contributed by atoms with Crippen LogP contribution >= 0.6 is 11.8 Å². The quantitative estimate of drug-likeness (QED) is 0.326. The first-order valence-corrected chi connectivity index (χ1v) is 12.3. The van der Waals surface area contributed by atoms with E-state index >= 15 is 0 Å². The molecule has 1 N–H and O–H groups in total. The lowest BCUT2D eigenvalue weighted by Gasteiger charge is -2.18. The zero-order chi connectivity index (χ0) is 25.8. The molecule has 186 valence electrons. The van der Waals surface area contributed by atoms with Gasteiger partial charge in [-0.1, -0.05) is 25.1 Å². The minimum absolute atomic E-state index is 0.128. The zero-order valence-corrected chi connectivity index (χ0v) is 21.5. The first-order chi connectivity index (χ1) is 16.5. The molecule has 0 radical (unpaired) electrons. The van der Waals surface area contributed by atoms with E-state index in [2.05, 4.69) is 5.10 Å². The molecule has 8 nitrogen and oxygen atoms in total. The summed E-state index contributed by atoms with van der Waals surface area (Å²) in [5.74, 6) is -1.07. The molecule has 3 rings (SSSR count). The van der Waals surface area contributed by atoms with Crippen molar-refractivity contribution >= 4 is 23.7 Å². The highest BCUT2D eigenvalue weighted by atomic mass is 32.2. The van der Waals surface area contributed by atoms with Crippen LogP contribution in [-0.4, -0.2) is 36.1 Å². The van der Waals surface area contributed by atoms with Crippen molar-refractivity contribution in [3.05, 3.63) is 81.0 Å². The Bertz CT molecular complexity index is 1280. The lowest BCUT2D eigenvalue weighted by atomic mass is 10.1. The fourth-order valence-corrected chi connectivity index (χ4v) is 4.38. The van der Waals surface area contributed by atoms with Crippen molar-refractivity contribution in [2.45, 2.75) is 70.4 Å². The number of aromatic nitrogens is 3. The van der Waals surface area contributed by atoms with E-state index in [1.165, 1.54) is 22.0 Å². The number of aliphatic carboxylic acids is 1. The van der Waals surface area contributed by atoms with Crippen LogP contribution in [0, 0.1) is 13.8 Å². The Labute approximate surface area is 208 Å². The molecule has 2 aromatic carbocycles. The van der Waals surface area contributed by atoms with Gasteiger partial charge < -0.3 is 9.84 Å². The zero-order valence-electron chi connectivity index (χ0n) is 20.7. The molecule has 35 heavy (non-hydrogen) atoms.